The Hall–Kier alpha value is -4.54. The normalized spacial score (nSPS) is 10.8. The Bertz CT molecular complexity index is 1350. The van der Waals surface area contributed by atoms with Crippen molar-refractivity contribution in [2.24, 2.45) is 5.10 Å². The summed E-state index contributed by atoms with van der Waals surface area (Å²) in [6, 6.07) is 26.3. The highest BCUT2D eigenvalue weighted by Crippen LogP contribution is 2.24. The molecular weight excluding hydrogens is 402 g/mol. The minimum absolute atomic E-state index is 0.0237. The number of nitrogens with zero attached hydrogens (tertiary/aromatic N) is 3. The van der Waals surface area contributed by atoms with E-state index in [2.05, 4.69) is 20.5 Å². The third-order valence-corrected chi connectivity index (χ3v) is 4.87. The van der Waals surface area contributed by atoms with Crippen LogP contribution in [0.15, 0.2) is 88.8 Å². The molecule has 0 saturated carbocycles. The highest BCUT2D eigenvalue weighted by molar-refractivity contribution is 5.81. The monoisotopic (exact) mass is 421 g/mol. The number of aliphatic hydroxyl groups is 1. The Morgan fingerprint density at radius 3 is 2.44 bits per heavy atom. The van der Waals surface area contributed by atoms with Crippen molar-refractivity contribution in [3.63, 3.8) is 0 Å². The number of aromatic nitrogens is 2. The smallest absolute Gasteiger partial charge is 0.270 e. The molecule has 0 saturated heterocycles. The summed E-state index contributed by atoms with van der Waals surface area (Å²) in [5.41, 5.74) is 6.76. The molecule has 1 aromatic heterocycles. The number of aliphatic hydroxyl groups excluding tert-OH is 1. The molecule has 0 atom stereocenters. The summed E-state index contributed by atoms with van der Waals surface area (Å²) >= 11 is 0. The minimum Gasteiger partial charge on any atom is -0.392 e. The molecule has 0 aliphatic heterocycles. The predicted octanol–water partition coefficient (Wildman–Crippen LogP) is 3.91. The Labute approximate surface area is 184 Å². The number of benzene rings is 3. The summed E-state index contributed by atoms with van der Waals surface area (Å²) in [7, 11) is 0. The maximum absolute atomic E-state index is 12.3. The lowest BCUT2D eigenvalue weighted by molar-refractivity contribution is 0.282. The van der Waals surface area contributed by atoms with Crippen LogP contribution in [0, 0.1) is 11.3 Å². The molecule has 0 aliphatic rings. The molecular formula is C25H19N5O2. The zero-order valence-electron chi connectivity index (χ0n) is 17.0. The Kier molecular flexibility index (Phi) is 6.16. The van der Waals surface area contributed by atoms with Crippen LogP contribution in [0.4, 0.5) is 5.95 Å². The molecule has 0 radical (unpaired) electrons. The predicted molar refractivity (Wildman–Crippen MR) is 124 cm³/mol. The van der Waals surface area contributed by atoms with Crippen LogP contribution in [0.2, 0.25) is 0 Å². The molecule has 7 nitrogen and oxygen atoms in total. The fourth-order valence-electron chi connectivity index (χ4n) is 3.29. The van der Waals surface area contributed by atoms with E-state index in [9.17, 15) is 15.2 Å². The molecule has 0 bridgehead atoms. The fourth-order valence-corrected chi connectivity index (χ4v) is 3.29. The number of hydrogen-bond acceptors (Lipinski definition) is 6. The van der Waals surface area contributed by atoms with Crippen molar-refractivity contribution >= 4 is 12.2 Å². The van der Waals surface area contributed by atoms with Gasteiger partial charge >= 0.3 is 0 Å². The molecule has 4 aromatic rings. The molecule has 0 spiro atoms. The first-order valence-electron chi connectivity index (χ1n) is 9.87. The van der Waals surface area contributed by atoms with Crippen LogP contribution in [0.1, 0.15) is 16.7 Å². The molecule has 1 heterocycles. The number of nitrogens with one attached hydrogen (secondary N) is 2. The van der Waals surface area contributed by atoms with Crippen molar-refractivity contribution in [3.05, 3.63) is 106 Å². The number of nitriles is 1. The first-order chi connectivity index (χ1) is 15.7. The SMILES string of the molecule is N#Cc1c(-c2ccccc2)nc(NN=Cc2ccc(-c3ccccc3CO)cc2)[nH]c1=O. The Morgan fingerprint density at radius 2 is 1.72 bits per heavy atom. The van der Waals surface area contributed by atoms with Crippen molar-refractivity contribution in [1.29, 1.82) is 5.26 Å². The van der Waals surface area contributed by atoms with Gasteiger partial charge in [-0.15, -0.1) is 0 Å². The maximum Gasteiger partial charge on any atom is 0.270 e. The molecule has 32 heavy (non-hydrogen) atoms. The van der Waals surface area contributed by atoms with Gasteiger partial charge in [0.15, 0.2) is 0 Å². The van der Waals surface area contributed by atoms with E-state index in [1.54, 1.807) is 18.3 Å². The van der Waals surface area contributed by atoms with E-state index < -0.39 is 5.56 Å². The lowest BCUT2D eigenvalue weighted by Crippen LogP contribution is -2.16. The quantitative estimate of drug-likeness (QED) is 0.323. The second-order valence-corrected chi connectivity index (χ2v) is 6.92. The third kappa shape index (κ3) is 4.46. The van der Waals surface area contributed by atoms with Crippen LogP contribution in [0.3, 0.4) is 0 Å². The molecule has 0 amide bonds. The number of anilines is 1. The average molecular weight is 421 g/mol. The Morgan fingerprint density at radius 1 is 1.00 bits per heavy atom. The highest BCUT2D eigenvalue weighted by atomic mass is 16.3. The summed E-state index contributed by atoms with van der Waals surface area (Å²) in [6.07, 6.45) is 1.60. The largest absolute Gasteiger partial charge is 0.392 e. The molecule has 156 valence electrons. The van der Waals surface area contributed by atoms with Crippen LogP contribution in [0.25, 0.3) is 22.4 Å². The second kappa shape index (κ2) is 9.51. The number of hydrogen-bond donors (Lipinski definition) is 3. The molecule has 0 unspecified atom stereocenters. The first-order valence-corrected chi connectivity index (χ1v) is 9.87. The van der Waals surface area contributed by atoms with E-state index in [0.29, 0.717) is 11.3 Å². The topological polar surface area (TPSA) is 114 Å². The fraction of sp³-hybridized carbons (Fsp3) is 0.0400. The van der Waals surface area contributed by atoms with E-state index in [1.165, 1.54) is 0 Å². The summed E-state index contributed by atoms with van der Waals surface area (Å²) in [4.78, 5) is 19.2. The molecule has 0 aliphatic carbocycles. The second-order valence-electron chi connectivity index (χ2n) is 6.92. The van der Waals surface area contributed by atoms with Crippen molar-refractivity contribution in [3.8, 4) is 28.5 Å². The first kappa shape index (κ1) is 20.7. The van der Waals surface area contributed by atoms with Gasteiger partial charge in [-0.1, -0.05) is 78.9 Å². The molecule has 3 aromatic carbocycles. The zero-order chi connectivity index (χ0) is 22.3. The number of rotatable bonds is 6. The van der Waals surface area contributed by atoms with Gasteiger partial charge in [0.25, 0.3) is 5.56 Å². The molecule has 7 heteroatoms. The average Bonchev–Trinajstić information content (AvgIpc) is 2.84. The van der Waals surface area contributed by atoms with Gasteiger partial charge in [-0.3, -0.25) is 9.78 Å². The van der Waals surface area contributed by atoms with E-state index in [-0.39, 0.29) is 18.1 Å². The summed E-state index contributed by atoms with van der Waals surface area (Å²) in [5.74, 6) is 0.137. The van der Waals surface area contributed by atoms with Gasteiger partial charge in [-0.2, -0.15) is 10.4 Å². The number of aromatic amines is 1. The van der Waals surface area contributed by atoms with Crippen molar-refractivity contribution < 1.29 is 5.11 Å². The van der Waals surface area contributed by atoms with Gasteiger partial charge in [0.2, 0.25) is 5.95 Å². The maximum atomic E-state index is 12.3. The van der Waals surface area contributed by atoms with E-state index in [0.717, 1.165) is 22.3 Å². The van der Waals surface area contributed by atoms with Gasteiger partial charge in [-0.25, -0.2) is 10.4 Å². The number of H-pyrrole nitrogens is 1. The summed E-state index contributed by atoms with van der Waals surface area (Å²) in [5, 5.41) is 23.0. The zero-order valence-corrected chi connectivity index (χ0v) is 17.0. The van der Waals surface area contributed by atoms with E-state index in [1.807, 2.05) is 72.8 Å². The molecule has 3 N–H and O–H groups in total. The van der Waals surface area contributed by atoms with Crippen molar-refractivity contribution in [2.75, 3.05) is 5.43 Å². The molecule has 0 fully saturated rings. The third-order valence-electron chi connectivity index (χ3n) is 4.87. The summed E-state index contributed by atoms with van der Waals surface area (Å²) < 4.78 is 0. The van der Waals surface area contributed by atoms with Crippen LogP contribution in [0.5, 0.6) is 0 Å². The van der Waals surface area contributed by atoms with Crippen molar-refractivity contribution in [2.45, 2.75) is 6.61 Å². The van der Waals surface area contributed by atoms with Gasteiger partial charge in [0, 0.05) is 5.56 Å². The van der Waals surface area contributed by atoms with Gasteiger partial charge < -0.3 is 5.11 Å². The van der Waals surface area contributed by atoms with E-state index in [4.69, 9.17) is 0 Å². The van der Waals surface area contributed by atoms with E-state index >= 15 is 0 Å². The van der Waals surface area contributed by atoms with Crippen LogP contribution in [-0.2, 0) is 6.61 Å². The van der Waals surface area contributed by atoms with Gasteiger partial charge in [-0.05, 0) is 22.3 Å². The van der Waals surface area contributed by atoms with Crippen LogP contribution in [-0.4, -0.2) is 21.3 Å². The van der Waals surface area contributed by atoms with Crippen LogP contribution < -0.4 is 11.0 Å². The summed E-state index contributed by atoms with van der Waals surface area (Å²) in [6.45, 7) is -0.0237. The lowest BCUT2D eigenvalue weighted by atomic mass is 9.99. The minimum atomic E-state index is -0.536. The van der Waals surface area contributed by atoms with Crippen LogP contribution >= 0.6 is 0 Å². The standard InChI is InChI=1S/C25H19N5O2/c26-14-22-23(19-6-2-1-3-7-19)28-25(29-24(22)32)30-27-15-17-10-12-18(13-11-17)21-9-5-4-8-20(21)16-31/h1-13,15,31H,16H2,(H2,28,29,30,32). The van der Waals surface area contributed by atoms with Crippen molar-refractivity contribution in [1.82, 2.24) is 9.97 Å². The van der Waals surface area contributed by atoms with Gasteiger partial charge in [0.05, 0.1) is 18.5 Å². The molecule has 4 rings (SSSR count). The Balaban J connectivity index is 1.54. The lowest BCUT2D eigenvalue weighted by Gasteiger charge is -2.07. The number of hydrazone groups is 1. The highest BCUT2D eigenvalue weighted by Gasteiger charge is 2.12. The van der Waals surface area contributed by atoms with Gasteiger partial charge in [0.1, 0.15) is 11.6 Å².